The third kappa shape index (κ3) is 4.05. The van der Waals surface area contributed by atoms with E-state index in [9.17, 15) is 4.79 Å². The molecule has 4 heteroatoms. The van der Waals surface area contributed by atoms with E-state index >= 15 is 0 Å². The number of Topliss-reactive ketones (excluding diaryl/α,β-unsaturated/α-hetero) is 1. The number of H-pyrrole nitrogens is 1. The van der Waals surface area contributed by atoms with Gasteiger partial charge in [-0.3, -0.25) is 9.89 Å². The standard InChI is InChI=1S/C8H8N2.C6H11NO/c1-6-2-3-8-7(4-6)5-9-10-8;1-4-7-5(2)6(3)8/h2-5H,1H3,(H,9,10);4-5,7H,1H2,2-3H3. The van der Waals surface area contributed by atoms with E-state index in [0.717, 1.165) is 5.52 Å². The minimum absolute atomic E-state index is 0.0903. The van der Waals surface area contributed by atoms with Gasteiger partial charge in [-0.2, -0.15) is 5.10 Å². The number of hydrogen-bond acceptors (Lipinski definition) is 3. The van der Waals surface area contributed by atoms with Crippen LogP contribution in [0.3, 0.4) is 0 Å². The van der Waals surface area contributed by atoms with Gasteiger partial charge in [-0.25, -0.2) is 0 Å². The van der Waals surface area contributed by atoms with Gasteiger partial charge in [0, 0.05) is 5.39 Å². The second-order valence-electron chi connectivity index (χ2n) is 4.16. The minimum Gasteiger partial charge on any atom is -0.382 e. The molecule has 18 heavy (non-hydrogen) atoms. The van der Waals surface area contributed by atoms with Crippen LogP contribution in [0.4, 0.5) is 0 Å². The molecule has 0 radical (unpaired) electrons. The van der Waals surface area contributed by atoms with E-state index in [4.69, 9.17) is 0 Å². The molecule has 0 aliphatic rings. The van der Waals surface area contributed by atoms with E-state index in [1.54, 1.807) is 13.8 Å². The summed E-state index contributed by atoms with van der Waals surface area (Å²) in [6.07, 6.45) is 3.36. The summed E-state index contributed by atoms with van der Waals surface area (Å²) in [4.78, 5) is 10.4. The Morgan fingerprint density at radius 1 is 1.56 bits per heavy atom. The number of rotatable bonds is 3. The predicted octanol–water partition coefficient (Wildman–Crippen LogP) is 2.57. The molecule has 0 spiro atoms. The molecule has 1 unspecified atom stereocenters. The van der Waals surface area contributed by atoms with Crippen LogP contribution in [-0.2, 0) is 4.79 Å². The van der Waals surface area contributed by atoms with E-state index in [1.807, 2.05) is 12.3 Å². The number of benzene rings is 1. The van der Waals surface area contributed by atoms with Gasteiger partial charge in [-0.05, 0) is 39.1 Å². The number of carbonyl (C=O) groups is 1. The van der Waals surface area contributed by atoms with Crippen molar-refractivity contribution < 1.29 is 4.79 Å². The SMILES string of the molecule is C=CNC(C)C(C)=O.Cc1ccc2[nH]ncc2c1. The monoisotopic (exact) mass is 245 g/mol. The number of aryl methyl sites for hydroxylation is 1. The molecule has 0 amide bonds. The molecule has 1 aromatic heterocycles. The van der Waals surface area contributed by atoms with Crippen LogP contribution < -0.4 is 5.32 Å². The zero-order valence-corrected chi connectivity index (χ0v) is 11.0. The maximum Gasteiger partial charge on any atom is 0.151 e. The Kier molecular flexibility index (Phi) is 5.11. The minimum atomic E-state index is -0.0903. The Hall–Kier alpha value is -2.10. The highest BCUT2D eigenvalue weighted by molar-refractivity contribution is 5.81. The number of aromatic nitrogens is 2. The van der Waals surface area contributed by atoms with Gasteiger partial charge < -0.3 is 5.32 Å². The lowest BCUT2D eigenvalue weighted by molar-refractivity contribution is -0.118. The van der Waals surface area contributed by atoms with Crippen molar-refractivity contribution in [1.29, 1.82) is 0 Å². The summed E-state index contributed by atoms with van der Waals surface area (Å²) in [6.45, 7) is 8.83. The molecular weight excluding hydrogens is 226 g/mol. The first-order valence-electron chi connectivity index (χ1n) is 5.81. The molecule has 96 valence electrons. The van der Waals surface area contributed by atoms with Crippen molar-refractivity contribution in [1.82, 2.24) is 15.5 Å². The van der Waals surface area contributed by atoms with Crippen LogP contribution in [0.15, 0.2) is 37.2 Å². The van der Waals surface area contributed by atoms with Crippen LogP contribution in [0.1, 0.15) is 19.4 Å². The molecule has 1 atom stereocenters. The lowest BCUT2D eigenvalue weighted by Crippen LogP contribution is -2.27. The fourth-order valence-electron chi connectivity index (χ4n) is 1.36. The maximum absolute atomic E-state index is 10.4. The number of fused-ring (bicyclic) bond motifs is 1. The molecule has 2 rings (SSSR count). The fourth-order valence-corrected chi connectivity index (χ4v) is 1.36. The predicted molar refractivity (Wildman–Crippen MR) is 74.3 cm³/mol. The normalized spacial score (nSPS) is 11.3. The largest absolute Gasteiger partial charge is 0.382 e. The summed E-state index contributed by atoms with van der Waals surface area (Å²) < 4.78 is 0. The highest BCUT2D eigenvalue weighted by Crippen LogP contribution is 2.11. The first kappa shape index (κ1) is 14.0. The molecular formula is C14H19N3O. The zero-order valence-electron chi connectivity index (χ0n) is 11.0. The van der Waals surface area contributed by atoms with E-state index in [2.05, 4.69) is 41.1 Å². The second-order valence-corrected chi connectivity index (χ2v) is 4.16. The highest BCUT2D eigenvalue weighted by Gasteiger charge is 2.01. The first-order valence-corrected chi connectivity index (χ1v) is 5.81. The lowest BCUT2D eigenvalue weighted by Gasteiger charge is -2.04. The van der Waals surface area contributed by atoms with E-state index in [-0.39, 0.29) is 11.8 Å². The second kappa shape index (κ2) is 6.59. The number of carbonyl (C=O) groups excluding carboxylic acids is 1. The van der Waals surface area contributed by atoms with Crippen molar-refractivity contribution in [3.05, 3.63) is 42.7 Å². The Labute approximate surface area is 107 Å². The van der Waals surface area contributed by atoms with E-state index in [1.165, 1.54) is 17.1 Å². The molecule has 2 aromatic rings. The third-order valence-corrected chi connectivity index (χ3v) is 2.57. The zero-order chi connectivity index (χ0) is 13.5. The number of nitrogens with one attached hydrogen (secondary N) is 2. The summed E-state index contributed by atoms with van der Waals surface area (Å²) in [6, 6.07) is 6.13. The molecule has 0 bridgehead atoms. The van der Waals surface area contributed by atoms with Crippen molar-refractivity contribution in [2.75, 3.05) is 0 Å². The molecule has 0 fully saturated rings. The van der Waals surface area contributed by atoms with Crippen molar-refractivity contribution in [2.45, 2.75) is 26.8 Å². The van der Waals surface area contributed by atoms with Crippen molar-refractivity contribution in [2.24, 2.45) is 0 Å². The maximum atomic E-state index is 10.4. The Morgan fingerprint density at radius 3 is 2.83 bits per heavy atom. The summed E-state index contributed by atoms with van der Waals surface area (Å²) in [5, 5.41) is 10.8. The van der Waals surface area contributed by atoms with Crippen LogP contribution in [-0.4, -0.2) is 22.0 Å². The quantitative estimate of drug-likeness (QED) is 0.873. The number of aromatic amines is 1. The molecule has 0 aliphatic heterocycles. The molecule has 4 nitrogen and oxygen atoms in total. The van der Waals surface area contributed by atoms with Gasteiger partial charge in [0.05, 0.1) is 17.8 Å². The van der Waals surface area contributed by atoms with Crippen molar-refractivity contribution in [3.63, 3.8) is 0 Å². The van der Waals surface area contributed by atoms with Gasteiger partial charge in [0.1, 0.15) is 0 Å². The third-order valence-electron chi connectivity index (χ3n) is 2.57. The Balaban J connectivity index is 0.000000187. The average Bonchev–Trinajstić information content (AvgIpc) is 2.77. The van der Waals surface area contributed by atoms with Crippen molar-refractivity contribution >= 4 is 16.7 Å². The number of hydrogen-bond donors (Lipinski definition) is 2. The summed E-state index contributed by atoms with van der Waals surface area (Å²) in [7, 11) is 0. The lowest BCUT2D eigenvalue weighted by atomic mass is 10.2. The molecule has 0 aliphatic carbocycles. The number of nitrogens with zero attached hydrogens (tertiary/aromatic N) is 1. The van der Waals surface area contributed by atoms with Gasteiger partial charge >= 0.3 is 0 Å². The van der Waals surface area contributed by atoms with E-state index in [0.29, 0.717) is 0 Å². The molecule has 1 aromatic carbocycles. The van der Waals surface area contributed by atoms with Gasteiger partial charge in [0.25, 0.3) is 0 Å². The van der Waals surface area contributed by atoms with Crippen LogP contribution >= 0.6 is 0 Å². The van der Waals surface area contributed by atoms with E-state index < -0.39 is 0 Å². The topological polar surface area (TPSA) is 57.8 Å². The fraction of sp³-hybridized carbons (Fsp3) is 0.286. The van der Waals surface area contributed by atoms with Gasteiger partial charge in [0.15, 0.2) is 5.78 Å². The summed E-state index contributed by atoms with van der Waals surface area (Å²) >= 11 is 0. The average molecular weight is 245 g/mol. The van der Waals surface area contributed by atoms with Crippen molar-refractivity contribution in [3.8, 4) is 0 Å². The smallest absolute Gasteiger partial charge is 0.151 e. The van der Waals surface area contributed by atoms with Crippen LogP contribution in [0, 0.1) is 6.92 Å². The van der Waals surface area contributed by atoms with Crippen LogP contribution in [0.2, 0.25) is 0 Å². The summed E-state index contributed by atoms with van der Waals surface area (Å²) in [5.41, 5.74) is 2.37. The Morgan fingerprint density at radius 2 is 2.28 bits per heavy atom. The first-order chi connectivity index (χ1) is 8.54. The van der Waals surface area contributed by atoms with Crippen LogP contribution in [0.5, 0.6) is 0 Å². The summed E-state index contributed by atoms with van der Waals surface area (Å²) in [5.74, 6) is 0.130. The van der Waals surface area contributed by atoms with Gasteiger partial charge in [-0.15, -0.1) is 0 Å². The molecule has 1 heterocycles. The Bertz CT molecular complexity index is 531. The molecule has 0 saturated heterocycles. The molecule has 0 saturated carbocycles. The van der Waals surface area contributed by atoms with Crippen LogP contribution in [0.25, 0.3) is 10.9 Å². The van der Waals surface area contributed by atoms with Gasteiger partial charge in [-0.1, -0.05) is 18.2 Å². The highest BCUT2D eigenvalue weighted by atomic mass is 16.1. The number of ketones is 1. The van der Waals surface area contributed by atoms with Gasteiger partial charge in [0.2, 0.25) is 0 Å². The molecule has 2 N–H and O–H groups in total.